The first-order chi connectivity index (χ1) is 16.6. The van der Waals surface area contributed by atoms with Crippen LogP contribution in [0.1, 0.15) is 24.1 Å². The number of alkyl halides is 3. The Kier molecular flexibility index (Phi) is 7.89. The van der Waals surface area contributed by atoms with Crippen molar-refractivity contribution in [2.45, 2.75) is 37.1 Å². The fourth-order valence-corrected chi connectivity index (χ4v) is 3.10. The van der Waals surface area contributed by atoms with Crippen molar-refractivity contribution in [3.05, 3.63) is 47.8 Å². The summed E-state index contributed by atoms with van der Waals surface area (Å²) in [5.74, 6) is -1.15. The van der Waals surface area contributed by atoms with Crippen LogP contribution in [0.25, 0.3) is 0 Å². The van der Waals surface area contributed by atoms with Crippen molar-refractivity contribution in [3.8, 4) is 17.2 Å². The Labute approximate surface area is 199 Å². The lowest BCUT2D eigenvalue weighted by Gasteiger charge is -2.19. The van der Waals surface area contributed by atoms with Gasteiger partial charge >= 0.3 is 6.18 Å². The van der Waals surface area contributed by atoms with Crippen molar-refractivity contribution in [1.82, 2.24) is 15.6 Å². The van der Waals surface area contributed by atoms with Gasteiger partial charge in [0.25, 0.3) is 0 Å². The molecule has 1 saturated carbocycles. The van der Waals surface area contributed by atoms with Crippen molar-refractivity contribution < 1.29 is 32.2 Å². The summed E-state index contributed by atoms with van der Waals surface area (Å²) in [4.78, 5) is 28.9. The predicted molar refractivity (Wildman–Crippen MR) is 118 cm³/mol. The lowest BCUT2D eigenvalue weighted by Crippen LogP contribution is -2.54. The van der Waals surface area contributed by atoms with Gasteiger partial charge in [-0.2, -0.15) is 23.4 Å². The molecule has 2 aromatic rings. The quantitative estimate of drug-likeness (QED) is 0.434. The molecule has 1 aromatic carbocycles. The SMILES string of the molecule is CN=NCC(N)C(=O)NC1(C(=O)NCc2ccc(Oc3ccc(OC)cc3C(F)(F)F)cn2)CC1. The number of benzene rings is 1. The van der Waals surface area contributed by atoms with Gasteiger partial charge < -0.3 is 25.8 Å². The van der Waals surface area contributed by atoms with E-state index in [-0.39, 0.29) is 30.5 Å². The maximum atomic E-state index is 13.4. The van der Waals surface area contributed by atoms with Crippen LogP contribution in [0.4, 0.5) is 13.2 Å². The molecule has 1 atom stereocenters. The second-order valence-electron chi connectivity index (χ2n) is 7.83. The molecule has 1 fully saturated rings. The molecule has 10 nitrogen and oxygen atoms in total. The molecule has 4 N–H and O–H groups in total. The molecule has 1 unspecified atom stereocenters. The number of nitrogens with one attached hydrogen (secondary N) is 2. The Morgan fingerprint density at radius 1 is 1.23 bits per heavy atom. The normalized spacial score (nSPS) is 15.4. The molecule has 0 aliphatic heterocycles. The number of halogens is 3. The number of rotatable bonds is 10. The molecule has 35 heavy (non-hydrogen) atoms. The monoisotopic (exact) mass is 494 g/mol. The Balaban J connectivity index is 1.58. The van der Waals surface area contributed by atoms with Crippen LogP contribution < -0.4 is 25.8 Å². The lowest BCUT2D eigenvalue weighted by atomic mass is 10.2. The number of carbonyl (C=O) groups excluding carboxylic acids is 2. The smallest absolute Gasteiger partial charge is 0.420 e. The molecule has 13 heteroatoms. The number of azo groups is 1. The Morgan fingerprint density at radius 3 is 2.51 bits per heavy atom. The molecule has 0 spiro atoms. The fraction of sp³-hybridized carbons (Fsp3) is 0.409. The molecule has 1 aliphatic rings. The fourth-order valence-electron chi connectivity index (χ4n) is 3.10. The summed E-state index contributed by atoms with van der Waals surface area (Å²) in [6.45, 7) is 0.0581. The number of aromatic nitrogens is 1. The molecule has 0 bridgehead atoms. The standard InChI is InChI=1S/C22H25F3N6O4/c1-27-30-12-17(26)19(32)31-21(7-8-21)20(33)29-10-13-3-4-15(11-28-13)35-18-6-5-14(34-2)9-16(18)22(23,24)25/h3-6,9,11,17H,7-8,10,12,26H2,1-2H3,(H,29,33)(H,31,32). The zero-order valence-electron chi connectivity index (χ0n) is 19.1. The minimum absolute atomic E-state index is 0.0133. The van der Waals surface area contributed by atoms with Crippen molar-refractivity contribution in [2.75, 3.05) is 20.7 Å². The Hall–Kier alpha value is -3.74. The summed E-state index contributed by atoms with van der Waals surface area (Å²) in [6, 6.07) is 5.40. The van der Waals surface area contributed by atoms with E-state index in [9.17, 15) is 22.8 Å². The van der Waals surface area contributed by atoms with E-state index in [1.807, 2.05) is 0 Å². The van der Waals surface area contributed by atoms with Gasteiger partial charge in [-0.15, -0.1) is 0 Å². The van der Waals surface area contributed by atoms with Gasteiger partial charge in [0.2, 0.25) is 11.8 Å². The molecule has 2 amide bonds. The summed E-state index contributed by atoms with van der Waals surface area (Å²) >= 11 is 0. The first kappa shape index (κ1) is 25.9. The third kappa shape index (κ3) is 6.66. The highest BCUT2D eigenvalue weighted by atomic mass is 19.4. The number of amides is 2. The number of methoxy groups -OCH3 is 1. The van der Waals surface area contributed by atoms with E-state index < -0.39 is 35.0 Å². The third-order valence-corrected chi connectivity index (χ3v) is 5.25. The molecule has 1 heterocycles. The van der Waals surface area contributed by atoms with Crippen molar-refractivity contribution in [1.29, 1.82) is 0 Å². The van der Waals surface area contributed by atoms with Crippen molar-refractivity contribution >= 4 is 11.8 Å². The maximum absolute atomic E-state index is 13.4. The number of nitrogens with zero attached hydrogens (tertiary/aromatic N) is 3. The van der Waals surface area contributed by atoms with Crippen LogP contribution in [0.2, 0.25) is 0 Å². The van der Waals surface area contributed by atoms with Crippen LogP contribution in [0.3, 0.4) is 0 Å². The van der Waals surface area contributed by atoms with Gasteiger partial charge in [-0.25, -0.2) is 0 Å². The number of ether oxygens (including phenoxy) is 2. The second kappa shape index (κ2) is 10.7. The number of nitrogens with two attached hydrogens (primary N) is 1. The molecule has 0 saturated heterocycles. The van der Waals surface area contributed by atoms with Gasteiger partial charge in [0, 0.05) is 7.05 Å². The van der Waals surface area contributed by atoms with Crippen LogP contribution >= 0.6 is 0 Å². The number of hydrogen-bond donors (Lipinski definition) is 3. The van der Waals surface area contributed by atoms with Crippen LogP contribution in [0, 0.1) is 0 Å². The molecule has 188 valence electrons. The van der Waals surface area contributed by atoms with Gasteiger partial charge in [-0.05, 0) is 43.2 Å². The minimum Gasteiger partial charge on any atom is -0.497 e. The topological polar surface area (TPSA) is 140 Å². The van der Waals surface area contributed by atoms with E-state index in [1.165, 1.54) is 38.6 Å². The van der Waals surface area contributed by atoms with Crippen LogP contribution in [-0.2, 0) is 22.3 Å². The van der Waals surface area contributed by atoms with Crippen molar-refractivity contribution in [2.24, 2.45) is 16.0 Å². The Bertz CT molecular complexity index is 1090. The zero-order chi connectivity index (χ0) is 25.6. The second-order valence-corrected chi connectivity index (χ2v) is 7.83. The number of pyridine rings is 1. The molecule has 1 aliphatic carbocycles. The van der Waals surface area contributed by atoms with Crippen molar-refractivity contribution in [3.63, 3.8) is 0 Å². The highest BCUT2D eigenvalue weighted by Crippen LogP contribution is 2.40. The number of hydrogen-bond acceptors (Lipinski definition) is 8. The Morgan fingerprint density at radius 2 is 1.94 bits per heavy atom. The summed E-state index contributed by atoms with van der Waals surface area (Å²) in [5.41, 5.74) is 4.17. The zero-order valence-corrected chi connectivity index (χ0v) is 19.1. The van der Waals surface area contributed by atoms with Gasteiger partial charge in [0.05, 0.1) is 32.1 Å². The molecule has 0 radical (unpaired) electrons. The summed E-state index contributed by atoms with van der Waals surface area (Å²) in [6.07, 6.45) is -2.45. The molecular formula is C22H25F3N6O4. The highest BCUT2D eigenvalue weighted by molar-refractivity contribution is 5.95. The lowest BCUT2D eigenvalue weighted by molar-refractivity contribution is -0.138. The van der Waals surface area contributed by atoms with Gasteiger partial charge in [-0.1, -0.05) is 0 Å². The predicted octanol–water partition coefficient (Wildman–Crippen LogP) is 2.58. The van der Waals surface area contributed by atoms with E-state index in [2.05, 4.69) is 25.8 Å². The van der Waals surface area contributed by atoms with E-state index in [4.69, 9.17) is 15.2 Å². The molecule has 3 rings (SSSR count). The average Bonchev–Trinajstić information content (AvgIpc) is 3.62. The average molecular weight is 494 g/mol. The van der Waals surface area contributed by atoms with Crippen LogP contribution in [-0.4, -0.2) is 49.1 Å². The first-order valence-corrected chi connectivity index (χ1v) is 10.6. The minimum atomic E-state index is -4.64. The first-order valence-electron chi connectivity index (χ1n) is 10.6. The molecular weight excluding hydrogens is 469 g/mol. The third-order valence-electron chi connectivity index (χ3n) is 5.25. The van der Waals surface area contributed by atoms with Crippen LogP contribution in [0.5, 0.6) is 17.2 Å². The summed E-state index contributed by atoms with van der Waals surface area (Å²) < 4.78 is 50.3. The maximum Gasteiger partial charge on any atom is 0.420 e. The van der Waals surface area contributed by atoms with Gasteiger partial charge in [0.1, 0.15) is 34.4 Å². The van der Waals surface area contributed by atoms with E-state index >= 15 is 0 Å². The van der Waals surface area contributed by atoms with Crippen LogP contribution in [0.15, 0.2) is 46.8 Å². The van der Waals surface area contributed by atoms with E-state index in [0.717, 1.165) is 12.1 Å². The van der Waals surface area contributed by atoms with Gasteiger partial charge in [-0.3, -0.25) is 14.6 Å². The largest absolute Gasteiger partial charge is 0.497 e. The highest BCUT2D eigenvalue weighted by Gasteiger charge is 2.51. The summed E-state index contributed by atoms with van der Waals surface area (Å²) in [7, 11) is 2.73. The molecule has 1 aromatic heterocycles. The van der Waals surface area contributed by atoms with E-state index in [1.54, 1.807) is 0 Å². The van der Waals surface area contributed by atoms with E-state index in [0.29, 0.717) is 18.5 Å². The summed E-state index contributed by atoms with van der Waals surface area (Å²) in [5, 5.41) is 12.6. The van der Waals surface area contributed by atoms with Gasteiger partial charge in [0.15, 0.2) is 0 Å². The number of carbonyl (C=O) groups is 2.